The zero-order valence-corrected chi connectivity index (χ0v) is 6.60. The number of β-amino-alcohol motifs (C(OH)–C–C–N with tert-alkyl or cyclic N) is 1. The highest BCUT2D eigenvalue weighted by Gasteiger charge is 2.24. The van der Waals surface area contributed by atoms with Crippen molar-refractivity contribution in [2.45, 2.75) is 11.4 Å². The molecule has 0 unspecified atom stereocenters. The van der Waals surface area contributed by atoms with E-state index in [1.807, 2.05) is 0 Å². The highest BCUT2D eigenvalue weighted by molar-refractivity contribution is 8.00. The van der Waals surface area contributed by atoms with Gasteiger partial charge in [0.05, 0.1) is 12.7 Å². The molecular weight excluding hydrogens is 150 g/mol. The molecule has 0 radical (unpaired) electrons. The number of aliphatic hydroxyl groups is 2. The van der Waals surface area contributed by atoms with Gasteiger partial charge in [0.2, 0.25) is 0 Å². The minimum Gasteiger partial charge on any atom is -0.396 e. The van der Waals surface area contributed by atoms with Gasteiger partial charge in [-0.1, -0.05) is 0 Å². The summed E-state index contributed by atoms with van der Waals surface area (Å²) in [5.74, 6) is 0.726. The van der Waals surface area contributed by atoms with E-state index in [1.165, 1.54) is 0 Å². The molecule has 1 aliphatic rings. The van der Waals surface area contributed by atoms with Crippen molar-refractivity contribution in [3.05, 3.63) is 0 Å². The van der Waals surface area contributed by atoms with Gasteiger partial charge in [-0.2, -0.15) is 11.8 Å². The molecule has 3 nitrogen and oxygen atoms in total. The summed E-state index contributed by atoms with van der Waals surface area (Å²) in [6, 6.07) is 0. The molecule has 4 heteroatoms. The number of thioether (sulfide) groups is 1. The summed E-state index contributed by atoms with van der Waals surface area (Å²) in [6.07, 6.45) is -0.225. The summed E-state index contributed by atoms with van der Waals surface area (Å²) in [4.78, 5) is 0. The molecule has 3 N–H and O–H groups in total. The second-order valence-electron chi connectivity index (χ2n) is 2.36. The van der Waals surface area contributed by atoms with Gasteiger partial charge < -0.3 is 15.5 Å². The smallest absolute Gasteiger partial charge is 0.0795 e. The van der Waals surface area contributed by atoms with Crippen molar-refractivity contribution in [1.29, 1.82) is 0 Å². The Balaban J connectivity index is 2.14. The lowest BCUT2D eigenvalue weighted by molar-refractivity contribution is 0.201. The molecule has 0 aromatic carbocycles. The van der Waals surface area contributed by atoms with Crippen LogP contribution in [0.3, 0.4) is 0 Å². The Bertz CT molecular complexity index is 102. The van der Waals surface area contributed by atoms with Gasteiger partial charge >= 0.3 is 0 Å². The fraction of sp³-hybridized carbons (Fsp3) is 1.00. The molecule has 0 aliphatic carbocycles. The van der Waals surface area contributed by atoms with Crippen LogP contribution in [0.5, 0.6) is 0 Å². The first-order valence-corrected chi connectivity index (χ1v) is 4.50. The van der Waals surface area contributed by atoms with E-state index < -0.39 is 0 Å². The van der Waals surface area contributed by atoms with Crippen molar-refractivity contribution in [3.8, 4) is 0 Å². The second kappa shape index (κ2) is 4.18. The predicted octanol–water partition coefficient (Wildman–Crippen LogP) is -0.955. The van der Waals surface area contributed by atoms with E-state index in [0.29, 0.717) is 6.54 Å². The number of hydrogen-bond acceptors (Lipinski definition) is 4. The van der Waals surface area contributed by atoms with Crippen molar-refractivity contribution in [3.63, 3.8) is 0 Å². The second-order valence-corrected chi connectivity index (χ2v) is 3.71. The summed E-state index contributed by atoms with van der Waals surface area (Å²) in [5, 5.41) is 21.1. The van der Waals surface area contributed by atoms with E-state index in [-0.39, 0.29) is 18.0 Å². The van der Waals surface area contributed by atoms with Crippen LogP contribution in [0.15, 0.2) is 0 Å². The summed E-state index contributed by atoms with van der Waals surface area (Å²) in [6.45, 7) is 1.77. The van der Waals surface area contributed by atoms with E-state index in [2.05, 4.69) is 5.32 Å². The molecule has 0 bridgehead atoms. The molecule has 0 aromatic rings. The highest BCUT2D eigenvalue weighted by atomic mass is 32.2. The molecule has 1 heterocycles. The Morgan fingerprint density at radius 2 is 2.30 bits per heavy atom. The van der Waals surface area contributed by atoms with Crippen LogP contribution < -0.4 is 5.32 Å². The fourth-order valence-electron chi connectivity index (χ4n) is 1.02. The van der Waals surface area contributed by atoms with E-state index in [1.54, 1.807) is 11.8 Å². The SMILES string of the molecule is OCCS[C@@H]1CNC[C@H]1O. The van der Waals surface area contributed by atoms with Crippen LogP contribution in [0.4, 0.5) is 0 Å². The lowest BCUT2D eigenvalue weighted by Gasteiger charge is -2.10. The van der Waals surface area contributed by atoms with Crippen LogP contribution in [0.25, 0.3) is 0 Å². The molecule has 1 saturated heterocycles. The molecular formula is C6H13NO2S. The summed E-state index contributed by atoms with van der Waals surface area (Å²) >= 11 is 1.63. The third kappa shape index (κ3) is 2.12. The van der Waals surface area contributed by atoms with E-state index in [4.69, 9.17) is 5.11 Å². The Labute approximate surface area is 64.8 Å². The molecule has 10 heavy (non-hydrogen) atoms. The fourth-order valence-corrected chi connectivity index (χ4v) is 1.98. The Morgan fingerprint density at radius 3 is 2.80 bits per heavy atom. The van der Waals surface area contributed by atoms with Gasteiger partial charge in [0.15, 0.2) is 0 Å². The van der Waals surface area contributed by atoms with Crippen molar-refractivity contribution in [2.24, 2.45) is 0 Å². The maximum Gasteiger partial charge on any atom is 0.0795 e. The van der Waals surface area contributed by atoms with Crippen LogP contribution in [0.2, 0.25) is 0 Å². The maximum absolute atomic E-state index is 9.25. The molecule has 1 rings (SSSR count). The molecule has 1 aliphatic heterocycles. The Hall–Kier alpha value is 0.230. The van der Waals surface area contributed by atoms with Crippen LogP contribution in [-0.4, -0.2) is 47.0 Å². The van der Waals surface area contributed by atoms with Gasteiger partial charge in [-0.3, -0.25) is 0 Å². The van der Waals surface area contributed by atoms with Crippen molar-refractivity contribution >= 4 is 11.8 Å². The summed E-state index contributed by atoms with van der Waals surface area (Å²) in [7, 11) is 0. The summed E-state index contributed by atoms with van der Waals surface area (Å²) < 4.78 is 0. The minimum atomic E-state index is -0.225. The van der Waals surface area contributed by atoms with Gasteiger partial charge in [0.1, 0.15) is 0 Å². The van der Waals surface area contributed by atoms with Gasteiger partial charge in [0, 0.05) is 24.1 Å². The third-order valence-corrected chi connectivity index (χ3v) is 2.88. The normalized spacial score (nSPS) is 33.0. The van der Waals surface area contributed by atoms with Gasteiger partial charge in [-0.15, -0.1) is 0 Å². The molecule has 0 aromatic heterocycles. The number of rotatable bonds is 3. The lowest BCUT2D eigenvalue weighted by atomic mass is 10.3. The first-order chi connectivity index (χ1) is 4.84. The van der Waals surface area contributed by atoms with Crippen molar-refractivity contribution in [2.75, 3.05) is 25.4 Å². The zero-order chi connectivity index (χ0) is 7.40. The van der Waals surface area contributed by atoms with Gasteiger partial charge in [-0.25, -0.2) is 0 Å². The molecule has 0 amide bonds. The average Bonchev–Trinajstić information content (AvgIpc) is 2.31. The first-order valence-electron chi connectivity index (χ1n) is 3.46. The van der Waals surface area contributed by atoms with Crippen molar-refractivity contribution < 1.29 is 10.2 Å². The number of hydrogen-bond donors (Lipinski definition) is 3. The molecule has 0 spiro atoms. The zero-order valence-electron chi connectivity index (χ0n) is 5.79. The van der Waals surface area contributed by atoms with Crippen LogP contribution in [0.1, 0.15) is 0 Å². The largest absolute Gasteiger partial charge is 0.396 e. The van der Waals surface area contributed by atoms with Crippen LogP contribution in [0, 0.1) is 0 Å². The maximum atomic E-state index is 9.25. The Morgan fingerprint density at radius 1 is 1.50 bits per heavy atom. The number of aliphatic hydroxyl groups excluding tert-OH is 2. The van der Waals surface area contributed by atoms with Crippen LogP contribution in [-0.2, 0) is 0 Å². The average molecular weight is 163 g/mol. The predicted molar refractivity (Wildman–Crippen MR) is 42.2 cm³/mol. The monoisotopic (exact) mass is 163 g/mol. The van der Waals surface area contributed by atoms with E-state index >= 15 is 0 Å². The molecule has 0 saturated carbocycles. The van der Waals surface area contributed by atoms with E-state index in [9.17, 15) is 5.11 Å². The summed E-state index contributed by atoms with van der Waals surface area (Å²) in [5.41, 5.74) is 0. The molecule has 2 atom stereocenters. The lowest BCUT2D eigenvalue weighted by Crippen LogP contribution is -2.20. The quantitative estimate of drug-likeness (QED) is 0.502. The van der Waals surface area contributed by atoms with Crippen LogP contribution >= 0.6 is 11.8 Å². The van der Waals surface area contributed by atoms with E-state index in [0.717, 1.165) is 12.3 Å². The topological polar surface area (TPSA) is 52.5 Å². The Kier molecular flexibility index (Phi) is 3.48. The minimum absolute atomic E-state index is 0.202. The standard InChI is InChI=1S/C6H13NO2S/c8-1-2-10-6-4-7-3-5(6)9/h5-9H,1-4H2/t5-,6-/m1/s1. The highest BCUT2D eigenvalue weighted by Crippen LogP contribution is 2.16. The molecule has 60 valence electrons. The third-order valence-electron chi connectivity index (χ3n) is 1.55. The van der Waals surface area contributed by atoms with Gasteiger partial charge in [0.25, 0.3) is 0 Å². The van der Waals surface area contributed by atoms with Crippen molar-refractivity contribution in [1.82, 2.24) is 5.32 Å². The van der Waals surface area contributed by atoms with Gasteiger partial charge in [-0.05, 0) is 0 Å². The molecule has 1 fully saturated rings. The number of nitrogens with one attached hydrogen (secondary N) is 1. The first kappa shape index (κ1) is 8.33.